The molecule has 212 valence electrons. The average molecular weight is 557 g/mol. The van der Waals surface area contributed by atoms with E-state index in [1.165, 1.54) is 19.2 Å². The summed E-state index contributed by atoms with van der Waals surface area (Å²) in [5.41, 5.74) is 1.78. The highest BCUT2D eigenvalue weighted by Gasteiger charge is 2.51. The van der Waals surface area contributed by atoms with Crippen molar-refractivity contribution >= 4 is 23.5 Å². The minimum Gasteiger partial charge on any atom is -0.469 e. The lowest BCUT2D eigenvalue weighted by atomic mass is 9.81. The third-order valence-electron chi connectivity index (χ3n) is 8.44. The van der Waals surface area contributed by atoms with E-state index < -0.39 is 11.8 Å². The summed E-state index contributed by atoms with van der Waals surface area (Å²) in [5.74, 6) is 0.177. The Morgan fingerprint density at radius 3 is 2.34 bits per heavy atom. The first-order chi connectivity index (χ1) is 19.9. The fourth-order valence-corrected chi connectivity index (χ4v) is 6.47. The van der Waals surface area contributed by atoms with Crippen LogP contribution in [0.3, 0.4) is 0 Å². The molecule has 7 nitrogen and oxygen atoms in total. The molecule has 1 heterocycles. The Morgan fingerprint density at radius 2 is 1.63 bits per heavy atom. The van der Waals surface area contributed by atoms with Gasteiger partial charge in [-0.1, -0.05) is 30.7 Å². The number of nitrogens with zero attached hydrogens (tertiary/aromatic N) is 2. The number of methoxy groups -OCH3 is 1. The van der Waals surface area contributed by atoms with Gasteiger partial charge < -0.3 is 19.3 Å². The summed E-state index contributed by atoms with van der Waals surface area (Å²) < 4.78 is 25.4. The molecule has 0 N–H and O–H groups in total. The van der Waals surface area contributed by atoms with Crippen molar-refractivity contribution in [1.29, 1.82) is 0 Å². The van der Waals surface area contributed by atoms with Crippen LogP contribution in [0.15, 0.2) is 72.8 Å². The summed E-state index contributed by atoms with van der Waals surface area (Å²) in [6.07, 6.45) is 4.41. The Labute approximate surface area is 238 Å². The number of anilines is 1. The molecule has 0 saturated heterocycles. The highest BCUT2D eigenvalue weighted by Crippen LogP contribution is 2.53. The third kappa shape index (κ3) is 5.43. The molecule has 8 heteroatoms. The number of carbonyl (C=O) groups excluding carboxylic acids is 3. The largest absolute Gasteiger partial charge is 0.469 e. The molecular weight excluding hydrogens is 523 g/mol. The standard InChI is InChI=1S/C33H33FN2O5/c1-40-31(38)19-18-30(37)35(23-13-14-23)32-26-8-5-9-28(26)36(29-20-22(34)12-17-27(29)32)33(39)21-10-15-25(16-11-21)41-24-6-3-2-4-7-24/h2-4,6-7,10-12,15-17,20,23,26,28,32H,5,8-9,13-14,18-19H2,1H3/t26-,28+,32+/m0/s1. The maximum absolute atomic E-state index is 14.8. The molecule has 41 heavy (non-hydrogen) atoms. The van der Waals surface area contributed by atoms with Crippen molar-refractivity contribution in [3.63, 3.8) is 0 Å². The van der Waals surface area contributed by atoms with Crippen LogP contribution in [0.4, 0.5) is 10.1 Å². The molecule has 1 aliphatic heterocycles. The first kappa shape index (κ1) is 27.0. The summed E-state index contributed by atoms with van der Waals surface area (Å²) >= 11 is 0. The summed E-state index contributed by atoms with van der Waals surface area (Å²) in [7, 11) is 1.32. The van der Waals surface area contributed by atoms with Crippen LogP contribution < -0.4 is 9.64 Å². The fraction of sp³-hybridized carbons (Fsp3) is 0.364. The normalized spacial score (nSPS) is 21.0. The van der Waals surface area contributed by atoms with Crippen molar-refractivity contribution in [2.24, 2.45) is 5.92 Å². The van der Waals surface area contributed by atoms with Gasteiger partial charge in [0.05, 0.1) is 25.3 Å². The Morgan fingerprint density at radius 1 is 0.902 bits per heavy atom. The molecule has 0 bridgehead atoms. The van der Waals surface area contributed by atoms with E-state index in [-0.39, 0.29) is 48.7 Å². The van der Waals surface area contributed by atoms with Gasteiger partial charge in [-0.15, -0.1) is 0 Å². The predicted molar refractivity (Wildman–Crippen MR) is 151 cm³/mol. The second-order valence-electron chi connectivity index (χ2n) is 11.0. The van der Waals surface area contributed by atoms with Crippen LogP contribution in [0.2, 0.25) is 0 Å². The van der Waals surface area contributed by atoms with E-state index in [0.717, 1.165) is 37.7 Å². The van der Waals surface area contributed by atoms with E-state index in [1.807, 2.05) is 35.2 Å². The number of para-hydroxylation sites is 1. The second-order valence-corrected chi connectivity index (χ2v) is 11.0. The molecule has 3 aliphatic rings. The SMILES string of the molecule is COC(=O)CCC(=O)N(C1CC1)[C@H]1c2ccc(F)cc2N(C(=O)c2ccc(Oc3ccccc3)cc2)[C@@H]2CCC[C@@H]21. The van der Waals surface area contributed by atoms with Gasteiger partial charge >= 0.3 is 5.97 Å². The first-order valence-corrected chi connectivity index (χ1v) is 14.3. The van der Waals surface area contributed by atoms with Gasteiger partial charge in [0.25, 0.3) is 5.91 Å². The Kier molecular flexibility index (Phi) is 7.47. The molecule has 3 aromatic carbocycles. The average Bonchev–Trinajstić information content (AvgIpc) is 3.71. The van der Waals surface area contributed by atoms with E-state index in [1.54, 1.807) is 35.2 Å². The van der Waals surface area contributed by atoms with Gasteiger partial charge in [-0.05, 0) is 79.8 Å². The topological polar surface area (TPSA) is 76.2 Å². The number of benzene rings is 3. The summed E-state index contributed by atoms with van der Waals surface area (Å²) in [6, 6.07) is 20.6. The molecule has 0 unspecified atom stereocenters. The van der Waals surface area contributed by atoms with Gasteiger partial charge in [0.1, 0.15) is 17.3 Å². The first-order valence-electron chi connectivity index (χ1n) is 14.3. The van der Waals surface area contributed by atoms with Gasteiger partial charge in [0, 0.05) is 30.0 Å². The van der Waals surface area contributed by atoms with Crippen LogP contribution in [-0.2, 0) is 14.3 Å². The van der Waals surface area contributed by atoms with Gasteiger partial charge in [0.2, 0.25) is 5.91 Å². The van der Waals surface area contributed by atoms with Crippen molar-refractivity contribution in [3.8, 4) is 11.5 Å². The molecule has 2 saturated carbocycles. The van der Waals surface area contributed by atoms with Gasteiger partial charge in [0.15, 0.2) is 0 Å². The highest BCUT2D eigenvalue weighted by atomic mass is 19.1. The van der Waals surface area contributed by atoms with E-state index in [0.29, 0.717) is 22.7 Å². The predicted octanol–water partition coefficient (Wildman–Crippen LogP) is 6.43. The number of rotatable bonds is 8. The number of halogens is 1. The molecule has 2 amide bonds. The zero-order valence-corrected chi connectivity index (χ0v) is 23.0. The number of hydrogen-bond acceptors (Lipinski definition) is 5. The van der Waals surface area contributed by atoms with Crippen LogP contribution >= 0.6 is 0 Å². The van der Waals surface area contributed by atoms with E-state index in [9.17, 15) is 18.8 Å². The maximum Gasteiger partial charge on any atom is 0.306 e. The van der Waals surface area contributed by atoms with Crippen molar-refractivity contribution in [3.05, 3.63) is 89.7 Å². The monoisotopic (exact) mass is 556 g/mol. The van der Waals surface area contributed by atoms with Gasteiger partial charge in [-0.25, -0.2) is 4.39 Å². The number of esters is 1. The van der Waals surface area contributed by atoms with Crippen molar-refractivity contribution in [2.75, 3.05) is 12.0 Å². The number of carbonyl (C=O) groups is 3. The molecule has 6 rings (SSSR count). The lowest BCUT2D eigenvalue weighted by Crippen LogP contribution is -2.53. The smallest absolute Gasteiger partial charge is 0.306 e. The Bertz CT molecular complexity index is 1440. The minimum atomic E-state index is -0.432. The van der Waals surface area contributed by atoms with E-state index >= 15 is 0 Å². The summed E-state index contributed by atoms with van der Waals surface area (Å²) in [6.45, 7) is 0. The number of hydrogen-bond donors (Lipinski definition) is 0. The fourth-order valence-electron chi connectivity index (χ4n) is 6.47. The Hall–Kier alpha value is -4.20. The molecule has 2 aliphatic carbocycles. The lowest BCUT2D eigenvalue weighted by molar-refractivity contribution is -0.145. The lowest BCUT2D eigenvalue weighted by Gasteiger charge is -2.48. The van der Waals surface area contributed by atoms with Crippen LogP contribution in [0.5, 0.6) is 11.5 Å². The van der Waals surface area contributed by atoms with E-state index in [2.05, 4.69) is 0 Å². The maximum atomic E-state index is 14.8. The zero-order chi connectivity index (χ0) is 28.5. The number of amides is 2. The molecule has 0 spiro atoms. The van der Waals surface area contributed by atoms with Crippen molar-refractivity contribution in [1.82, 2.24) is 4.90 Å². The third-order valence-corrected chi connectivity index (χ3v) is 8.44. The van der Waals surface area contributed by atoms with E-state index in [4.69, 9.17) is 9.47 Å². The number of fused-ring (bicyclic) bond motifs is 2. The molecule has 3 aromatic rings. The summed E-state index contributed by atoms with van der Waals surface area (Å²) in [5, 5.41) is 0. The quantitative estimate of drug-likeness (QED) is 0.299. The highest BCUT2D eigenvalue weighted by molar-refractivity contribution is 6.07. The number of ether oxygens (including phenoxy) is 2. The van der Waals surface area contributed by atoms with Gasteiger partial charge in [-0.3, -0.25) is 14.4 Å². The van der Waals surface area contributed by atoms with Crippen LogP contribution in [0.25, 0.3) is 0 Å². The van der Waals surface area contributed by atoms with Crippen molar-refractivity contribution < 1.29 is 28.2 Å². The van der Waals surface area contributed by atoms with Crippen molar-refractivity contribution in [2.45, 2.75) is 63.1 Å². The molecular formula is C33H33FN2O5. The summed E-state index contributed by atoms with van der Waals surface area (Å²) in [4.78, 5) is 43.1. The second kappa shape index (κ2) is 11.4. The molecule has 0 aromatic heterocycles. The van der Waals surface area contributed by atoms with Crippen LogP contribution in [0, 0.1) is 11.7 Å². The van der Waals surface area contributed by atoms with Crippen LogP contribution in [0.1, 0.15) is 66.9 Å². The van der Waals surface area contributed by atoms with Crippen LogP contribution in [-0.4, -0.2) is 41.9 Å². The molecule has 2 fully saturated rings. The molecule has 0 radical (unpaired) electrons. The zero-order valence-electron chi connectivity index (χ0n) is 23.0. The minimum absolute atomic E-state index is 0.0141. The molecule has 3 atom stereocenters. The van der Waals surface area contributed by atoms with Gasteiger partial charge in [-0.2, -0.15) is 0 Å². The Balaban J connectivity index is 1.32.